The van der Waals surface area contributed by atoms with Crippen molar-refractivity contribution in [2.24, 2.45) is 23.2 Å². The molecule has 1 N–H and O–H groups in total. The van der Waals surface area contributed by atoms with Gasteiger partial charge in [-0.2, -0.15) is 0 Å². The SMILES string of the molecule is Cc1cnc(NC(C)C23CC4CC(CC(C4)C2)C3)nc1. The lowest BCUT2D eigenvalue weighted by atomic mass is 9.48. The van der Waals surface area contributed by atoms with Gasteiger partial charge in [-0.1, -0.05) is 0 Å². The number of nitrogens with zero attached hydrogens (tertiary/aromatic N) is 2. The molecule has 4 bridgehead atoms. The van der Waals surface area contributed by atoms with Gasteiger partial charge in [0.25, 0.3) is 0 Å². The molecular formula is C17H25N3. The fraction of sp³-hybridized carbons (Fsp3) is 0.765. The summed E-state index contributed by atoms with van der Waals surface area (Å²) in [5, 5.41) is 3.60. The highest BCUT2D eigenvalue weighted by Crippen LogP contribution is 2.61. The molecule has 1 aromatic rings. The zero-order valence-electron chi connectivity index (χ0n) is 12.6. The predicted molar refractivity (Wildman–Crippen MR) is 80.5 cm³/mol. The number of anilines is 1. The molecule has 3 nitrogen and oxygen atoms in total. The van der Waals surface area contributed by atoms with Gasteiger partial charge in [-0.05, 0) is 81.1 Å². The number of aryl methyl sites for hydroxylation is 1. The van der Waals surface area contributed by atoms with Crippen molar-refractivity contribution < 1.29 is 0 Å². The second-order valence-corrected chi connectivity index (χ2v) is 7.73. The van der Waals surface area contributed by atoms with Crippen LogP contribution in [-0.4, -0.2) is 16.0 Å². The molecule has 4 aliphatic carbocycles. The predicted octanol–water partition coefficient (Wildman–Crippen LogP) is 3.80. The molecule has 0 spiro atoms. The van der Waals surface area contributed by atoms with Crippen LogP contribution in [0.25, 0.3) is 0 Å². The van der Waals surface area contributed by atoms with Crippen molar-refractivity contribution in [1.29, 1.82) is 0 Å². The summed E-state index contributed by atoms with van der Waals surface area (Å²) in [6, 6.07) is 0.499. The summed E-state index contributed by atoms with van der Waals surface area (Å²) in [7, 11) is 0. The number of aromatic nitrogens is 2. The zero-order valence-corrected chi connectivity index (χ0v) is 12.6. The average molecular weight is 271 g/mol. The maximum absolute atomic E-state index is 4.42. The Morgan fingerprint density at radius 1 is 1.05 bits per heavy atom. The minimum absolute atomic E-state index is 0.499. The molecule has 1 atom stereocenters. The van der Waals surface area contributed by atoms with Gasteiger partial charge in [0.15, 0.2) is 0 Å². The summed E-state index contributed by atoms with van der Waals surface area (Å²) in [6.07, 6.45) is 12.6. The maximum atomic E-state index is 4.42. The van der Waals surface area contributed by atoms with Gasteiger partial charge in [0.1, 0.15) is 0 Å². The first-order chi connectivity index (χ1) is 9.63. The van der Waals surface area contributed by atoms with Gasteiger partial charge in [0.05, 0.1) is 0 Å². The maximum Gasteiger partial charge on any atom is 0.222 e. The first-order valence-corrected chi connectivity index (χ1v) is 8.18. The van der Waals surface area contributed by atoms with Gasteiger partial charge in [-0.3, -0.25) is 0 Å². The zero-order chi connectivity index (χ0) is 13.7. The van der Waals surface area contributed by atoms with Crippen LogP contribution >= 0.6 is 0 Å². The van der Waals surface area contributed by atoms with Crippen LogP contribution in [0.5, 0.6) is 0 Å². The van der Waals surface area contributed by atoms with Crippen molar-refractivity contribution in [3.8, 4) is 0 Å². The highest BCUT2D eigenvalue weighted by molar-refractivity contribution is 5.27. The number of hydrogen-bond acceptors (Lipinski definition) is 3. The summed E-state index contributed by atoms with van der Waals surface area (Å²) in [5.41, 5.74) is 1.64. The third kappa shape index (κ3) is 2.02. The Bertz CT molecular complexity index is 458. The topological polar surface area (TPSA) is 37.8 Å². The van der Waals surface area contributed by atoms with Crippen molar-refractivity contribution in [1.82, 2.24) is 9.97 Å². The molecule has 1 unspecified atom stereocenters. The van der Waals surface area contributed by atoms with Crippen LogP contribution in [-0.2, 0) is 0 Å². The van der Waals surface area contributed by atoms with Crippen LogP contribution in [0.2, 0.25) is 0 Å². The molecule has 1 aromatic heterocycles. The van der Waals surface area contributed by atoms with Crippen molar-refractivity contribution in [2.45, 2.75) is 58.4 Å². The minimum atomic E-state index is 0.499. The number of hydrogen-bond donors (Lipinski definition) is 1. The van der Waals surface area contributed by atoms with Crippen molar-refractivity contribution >= 4 is 5.95 Å². The molecule has 0 aromatic carbocycles. The van der Waals surface area contributed by atoms with Crippen LogP contribution < -0.4 is 5.32 Å². The second-order valence-electron chi connectivity index (χ2n) is 7.73. The van der Waals surface area contributed by atoms with Crippen LogP contribution in [0.1, 0.15) is 51.0 Å². The van der Waals surface area contributed by atoms with Gasteiger partial charge < -0.3 is 5.32 Å². The third-order valence-electron chi connectivity index (χ3n) is 6.13. The standard InChI is InChI=1S/C17H25N3/c1-11-9-18-16(19-10-11)20-12(2)17-6-13-3-14(7-17)5-15(4-13)8-17/h9-10,12-15H,3-8H2,1-2H3,(H,18,19,20). The van der Waals surface area contributed by atoms with Crippen LogP contribution in [0.3, 0.4) is 0 Å². The molecule has 108 valence electrons. The second kappa shape index (κ2) is 4.44. The molecule has 3 heteroatoms. The Hall–Kier alpha value is -1.12. The number of nitrogens with one attached hydrogen (secondary N) is 1. The molecule has 4 aliphatic rings. The summed E-state index contributed by atoms with van der Waals surface area (Å²) < 4.78 is 0. The Morgan fingerprint density at radius 2 is 1.55 bits per heavy atom. The highest BCUT2D eigenvalue weighted by atomic mass is 15.1. The van der Waals surface area contributed by atoms with Crippen molar-refractivity contribution in [3.05, 3.63) is 18.0 Å². The molecule has 5 rings (SSSR count). The van der Waals surface area contributed by atoms with E-state index in [1.54, 1.807) is 0 Å². The van der Waals surface area contributed by atoms with Crippen LogP contribution in [0.4, 0.5) is 5.95 Å². The summed E-state index contributed by atoms with van der Waals surface area (Å²) in [5.74, 6) is 3.82. The first-order valence-electron chi connectivity index (χ1n) is 8.18. The molecule has 0 amide bonds. The molecule has 0 radical (unpaired) electrons. The fourth-order valence-corrected chi connectivity index (χ4v) is 5.52. The van der Waals surface area contributed by atoms with E-state index in [1.165, 1.54) is 38.5 Å². The van der Waals surface area contributed by atoms with Crippen molar-refractivity contribution in [2.75, 3.05) is 5.32 Å². The molecule has 20 heavy (non-hydrogen) atoms. The van der Waals surface area contributed by atoms with E-state index in [0.717, 1.165) is 29.3 Å². The van der Waals surface area contributed by atoms with E-state index < -0.39 is 0 Å². The highest BCUT2D eigenvalue weighted by Gasteiger charge is 2.53. The summed E-state index contributed by atoms with van der Waals surface area (Å²) in [4.78, 5) is 8.85. The van der Waals surface area contributed by atoms with E-state index in [0.29, 0.717) is 11.5 Å². The van der Waals surface area contributed by atoms with Gasteiger partial charge in [-0.25, -0.2) is 9.97 Å². The smallest absolute Gasteiger partial charge is 0.222 e. The Labute approximate surface area is 121 Å². The van der Waals surface area contributed by atoms with E-state index in [2.05, 4.69) is 22.2 Å². The Balaban J connectivity index is 1.53. The third-order valence-corrected chi connectivity index (χ3v) is 6.13. The van der Waals surface area contributed by atoms with Crippen LogP contribution in [0, 0.1) is 30.1 Å². The minimum Gasteiger partial charge on any atom is -0.351 e. The molecule has 1 heterocycles. The first kappa shape index (κ1) is 12.6. The lowest BCUT2D eigenvalue weighted by Crippen LogP contribution is -2.53. The summed E-state index contributed by atoms with van der Waals surface area (Å²) >= 11 is 0. The fourth-order valence-electron chi connectivity index (χ4n) is 5.52. The molecule has 0 aliphatic heterocycles. The molecule has 4 fully saturated rings. The molecule has 0 saturated heterocycles. The lowest BCUT2D eigenvalue weighted by molar-refractivity contribution is -0.0603. The van der Waals surface area contributed by atoms with Crippen molar-refractivity contribution in [3.63, 3.8) is 0 Å². The average Bonchev–Trinajstić information content (AvgIpc) is 2.40. The van der Waals surface area contributed by atoms with Gasteiger partial charge >= 0.3 is 0 Å². The molecular weight excluding hydrogens is 246 g/mol. The van der Waals surface area contributed by atoms with E-state index in [4.69, 9.17) is 0 Å². The summed E-state index contributed by atoms with van der Waals surface area (Å²) in [6.45, 7) is 4.39. The van der Waals surface area contributed by atoms with E-state index >= 15 is 0 Å². The Kier molecular flexibility index (Phi) is 2.80. The van der Waals surface area contributed by atoms with E-state index in [-0.39, 0.29) is 0 Å². The van der Waals surface area contributed by atoms with E-state index in [1.807, 2.05) is 19.3 Å². The number of rotatable bonds is 3. The lowest BCUT2D eigenvalue weighted by Gasteiger charge is -2.59. The largest absolute Gasteiger partial charge is 0.351 e. The van der Waals surface area contributed by atoms with Gasteiger partial charge in [0.2, 0.25) is 5.95 Å². The van der Waals surface area contributed by atoms with Gasteiger partial charge in [0, 0.05) is 18.4 Å². The quantitative estimate of drug-likeness (QED) is 0.908. The van der Waals surface area contributed by atoms with E-state index in [9.17, 15) is 0 Å². The normalized spacial score (nSPS) is 39.8. The van der Waals surface area contributed by atoms with Gasteiger partial charge in [-0.15, -0.1) is 0 Å². The van der Waals surface area contributed by atoms with Crippen LogP contribution in [0.15, 0.2) is 12.4 Å². The monoisotopic (exact) mass is 271 g/mol. The molecule has 4 saturated carbocycles. The Morgan fingerprint density at radius 3 is 2.05 bits per heavy atom.